The molecule has 0 aromatic carbocycles. The third kappa shape index (κ3) is 6.33. The highest BCUT2D eigenvalue weighted by Gasteiger charge is 2.31. The molecular formula is C26H43N. The normalized spacial score (nSPS) is 29.0. The maximum absolute atomic E-state index is 4.87. The summed E-state index contributed by atoms with van der Waals surface area (Å²) in [5.74, 6) is 3.83. The van der Waals surface area contributed by atoms with E-state index in [2.05, 4.69) is 32.2 Å². The molecule has 0 N–H and O–H groups in total. The van der Waals surface area contributed by atoms with Gasteiger partial charge in [-0.05, 0) is 80.8 Å². The van der Waals surface area contributed by atoms with E-state index in [0.717, 1.165) is 23.7 Å². The van der Waals surface area contributed by atoms with Crippen molar-refractivity contribution in [1.29, 1.82) is 0 Å². The first-order valence-corrected chi connectivity index (χ1v) is 12.2. The van der Waals surface area contributed by atoms with Crippen LogP contribution in [0.4, 0.5) is 0 Å². The molecule has 0 bridgehead atoms. The van der Waals surface area contributed by atoms with E-state index in [1.807, 2.05) is 0 Å². The lowest BCUT2D eigenvalue weighted by atomic mass is 9.68. The lowest BCUT2D eigenvalue weighted by Crippen LogP contribution is -2.25. The Kier molecular flexibility index (Phi) is 8.68. The number of aryl methyl sites for hydroxylation is 1. The number of unbranched alkanes of at least 4 members (excludes halogenated alkanes) is 3. The van der Waals surface area contributed by atoms with Crippen molar-refractivity contribution in [2.75, 3.05) is 0 Å². The van der Waals surface area contributed by atoms with Crippen LogP contribution in [0.1, 0.15) is 121 Å². The van der Waals surface area contributed by atoms with Gasteiger partial charge < -0.3 is 0 Å². The number of hydrogen-bond acceptors (Lipinski definition) is 1. The zero-order valence-corrected chi connectivity index (χ0v) is 18.1. The number of rotatable bonds is 9. The van der Waals surface area contributed by atoms with Crippen molar-refractivity contribution in [3.8, 4) is 0 Å². The van der Waals surface area contributed by atoms with Crippen LogP contribution < -0.4 is 0 Å². The number of hydrogen-bond donors (Lipinski definition) is 0. The Morgan fingerprint density at radius 2 is 1.48 bits per heavy atom. The number of pyridine rings is 1. The molecule has 2 aliphatic carbocycles. The molecule has 1 nitrogen and oxygen atoms in total. The quantitative estimate of drug-likeness (QED) is 0.401. The lowest BCUT2D eigenvalue weighted by molar-refractivity contribution is 0.156. The summed E-state index contributed by atoms with van der Waals surface area (Å²) >= 11 is 0. The van der Waals surface area contributed by atoms with Crippen LogP contribution in [0.15, 0.2) is 18.3 Å². The van der Waals surface area contributed by atoms with Gasteiger partial charge in [-0.3, -0.25) is 4.98 Å². The Morgan fingerprint density at radius 1 is 0.778 bits per heavy atom. The molecule has 0 aliphatic heterocycles. The van der Waals surface area contributed by atoms with E-state index in [9.17, 15) is 0 Å². The summed E-state index contributed by atoms with van der Waals surface area (Å²) in [6.45, 7) is 4.63. The second-order valence-electron chi connectivity index (χ2n) is 9.58. The molecule has 0 radical (unpaired) electrons. The largest absolute Gasteiger partial charge is 0.261 e. The van der Waals surface area contributed by atoms with Crippen LogP contribution >= 0.6 is 0 Å². The summed E-state index contributed by atoms with van der Waals surface area (Å²) in [5.41, 5.74) is 2.81. The van der Waals surface area contributed by atoms with Crippen molar-refractivity contribution in [2.45, 2.75) is 116 Å². The van der Waals surface area contributed by atoms with Crippen molar-refractivity contribution < 1.29 is 0 Å². The molecule has 0 amide bonds. The second kappa shape index (κ2) is 11.2. The van der Waals surface area contributed by atoms with Gasteiger partial charge in [0, 0.05) is 17.8 Å². The molecular weight excluding hydrogens is 326 g/mol. The van der Waals surface area contributed by atoms with E-state index in [1.54, 1.807) is 0 Å². The SMILES string of the molecule is CCCCCCc1ccc(C2CCC([C@H]3CC[C@H](CCC)CC3)CC2)nc1. The Hall–Kier alpha value is -0.850. The van der Waals surface area contributed by atoms with Crippen LogP contribution in [0.5, 0.6) is 0 Å². The van der Waals surface area contributed by atoms with Crippen LogP contribution in [-0.4, -0.2) is 4.98 Å². The average Bonchev–Trinajstić information content (AvgIpc) is 2.73. The minimum absolute atomic E-state index is 0.729. The predicted molar refractivity (Wildman–Crippen MR) is 117 cm³/mol. The molecule has 2 saturated carbocycles. The third-order valence-corrected chi connectivity index (χ3v) is 7.61. The summed E-state index contributed by atoms with van der Waals surface area (Å²) < 4.78 is 0. The van der Waals surface area contributed by atoms with Gasteiger partial charge in [-0.1, -0.05) is 64.9 Å². The first-order chi connectivity index (χ1) is 13.3. The van der Waals surface area contributed by atoms with Gasteiger partial charge in [0.05, 0.1) is 0 Å². The van der Waals surface area contributed by atoms with Gasteiger partial charge in [-0.2, -0.15) is 0 Å². The van der Waals surface area contributed by atoms with Crippen molar-refractivity contribution in [3.63, 3.8) is 0 Å². The van der Waals surface area contributed by atoms with Gasteiger partial charge in [0.1, 0.15) is 0 Å². The van der Waals surface area contributed by atoms with Crippen molar-refractivity contribution >= 4 is 0 Å². The van der Waals surface area contributed by atoms with E-state index in [0.29, 0.717) is 0 Å². The van der Waals surface area contributed by atoms with Crippen LogP contribution in [0, 0.1) is 17.8 Å². The van der Waals surface area contributed by atoms with Gasteiger partial charge in [-0.15, -0.1) is 0 Å². The minimum atomic E-state index is 0.729. The molecule has 1 aromatic rings. The number of aromatic nitrogens is 1. The first-order valence-electron chi connectivity index (χ1n) is 12.2. The molecule has 3 rings (SSSR count). The van der Waals surface area contributed by atoms with E-state index in [1.165, 1.54) is 108 Å². The molecule has 27 heavy (non-hydrogen) atoms. The van der Waals surface area contributed by atoms with E-state index >= 15 is 0 Å². The van der Waals surface area contributed by atoms with Crippen molar-refractivity contribution in [3.05, 3.63) is 29.6 Å². The topological polar surface area (TPSA) is 12.9 Å². The Labute approximate surface area is 168 Å². The average molecular weight is 370 g/mol. The van der Waals surface area contributed by atoms with Crippen LogP contribution in [0.2, 0.25) is 0 Å². The Morgan fingerprint density at radius 3 is 2.07 bits per heavy atom. The fraction of sp³-hybridized carbons (Fsp3) is 0.808. The van der Waals surface area contributed by atoms with Crippen molar-refractivity contribution in [1.82, 2.24) is 4.98 Å². The Bertz CT molecular complexity index is 504. The van der Waals surface area contributed by atoms with Crippen LogP contribution in [-0.2, 0) is 6.42 Å². The van der Waals surface area contributed by atoms with Gasteiger partial charge in [0.15, 0.2) is 0 Å². The van der Waals surface area contributed by atoms with Crippen LogP contribution in [0.25, 0.3) is 0 Å². The fourth-order valence-electron chi connectivity index (χ4n) is 5.82. The van der Waals surface area contributed by atoms with Crippen LogP contribution in [0.3, 0.4) is 0 Å². The minimum Gasteiger partial charge on any atom is -0.261 e. The van der Waals surface area contributed by atoms with E-state index < -0.39 is 0 Å². The van der Waals surface area contributed by atoms with Crippen molar-refractivity contribution in [2.24, 2.45) is 17.8 Å². The standard InChI is InChI=1S/C26H43N/c1-3-5-6-7-9-22-12-19-26(27-20-22)25-17-15-24(16-18-25)23-13-10-21(8-4-2)11-14-23/h12,19-21,23-25H,3-11,13-18H2,1-2H3/t21-,23-,24?,25?. The molecule has 0 saturated heterocycles. The predicted octanol–water partition coefficient (Wildman–Crippen LogP) is 8.08. The maximum atomic E-state index is 4.87. The zero-order chi connectivity index (χ0) is 18.9. The molecule has 2 fully saturated rings. The summed E-state index contributed by atoms with van der Waals surface area (Å²) in [6, 6.07) is 4.70. The second-order valence-corrected chi connectivity index (χ2v) is 9.58. The smallest absolute Gasteiger partial charge is 0.0434 e. The highest BCUT2D eigenvalue weighted by atomic mass is 14.7. The third-order valence-electron chi connectivity index (χ3n) is 7.61. The summed E-state index contributed by atoms with van der Waals surface area (Å²) in [6.07, 6.45) is 23.3. The number of nitrogens with zero attached hydrogens (tertiary/aromatic N) is 1. The van der Waals surface area contributed by atoms with E-state index in [-0.39, 0.29) is 0 Å². The highest BCUT2D eigenvalue weighted by Crippen LogP contribution is 2.44. The van der Waals surface area contributed by atoms with Gasteiger partial charge in [0.2, 0.25) is 0 Å². The molecule has 0 atom stereocenters. The van der Waals surface area contributed by atoms with Gasteiger partial charge in [0.25, 0.3) is 0 Å². The summed E-state index contributed by atoms with van der Waals surface area (Å²) in [7, 11) is 0. The maximum Gasteiger partial charge on any atom is 0.0434 e. The monoisotopic (exact) mass is 369 g/mol. The molecule has 152 valence electrons. The molecule has 0 spiro atoms. The molecule has 0 unspecified atom stereocenters. The fourth-order valence-corrected chi connectivity index (χ4v) is 5.82. The molecule has 2 aliphatic rings. The summed E-state index contributed by atoms with van der Waals surface area (Å²) in [5, 5.41) is 0. The summed E-state index contributed by atoms with van der Waals surface area (Å²) in [4.78, 5) is 4.87. The van der Waals surface area contributed by atoms with Gasteiger partial charge in [-0.25, -0.2) is 0 Å². The zero-order valence-electron chi connectivity index (χ0n) is 18.1. The molecule has 1 heterocycles. The lowest BCUT2D eigenvalue weighted by Gasteiger charge is -2.37. The first kappa shape index (κ1) is 20.9. The van der Waals surface area contributed by atoms with E-state index in [4.69, 9.17) is 4.98 Å². The molecule has 1 heteroatoms. The van der Waals surface area contributed by atoms with Gasteiger partial charge >= 0.3 is 0 Å². The Balaban J connectivity index is 1.40. The molecule has 1 aromatic heterocycles. The highest BCUT2D eigenvalue weighted by molar-refractivity contribution is 5.17.